The van der Waals surface area contributed by atoms with E-state index >= 15 is 0 Å². The summed E-state index contributed by atoms with van der Waals surface area (Å²) in [4.78, 5) is 10.3. The minimum atomic E-state index is 0.237. The number of methoxy groups -OCH3 is 1. The summed E-state index contributed by atoms with van der Waals surface area (Å²) in [5.74, 6) is 0.329. The highest BCUT2D eigenvalue weighted by atomic mass is 16.5. The molecule has 13 heavy (non-hydrogen) atoms. The molecule has 0 aromatic heterocycles. The van der Waals surface area contributed by atoms with Gasteiger partial charge in [-0.15, -0.1) is 0 Å². The van der Waals surface area contributed by atoms with Gasteiger partial charge in [0.25, 0.3) is 0 Å². The smallest absolute Gasteiger partial charge is 0.142 e. The van der Waals surface area contributed by atoms with E-state index in [9.17, 15) is 4.79 Å². The maximum atomic E-state index is 10.3. The zero-order valence-electron chi connectivity index (χ0n) is 9.04. The van der Waals surface area contributed by atoms with Crippen molar-refractivity contribution in [3.05, 3.63) is 11.6 Å². The molecular formula is C11H20O2. The first-order valence-electron chi connectivity index (χ1n) is 4.82. The molecule has 0 N–H and O–H groups in total. The van der Waals surface area contributed by atoms with Crippen LogP contribution >= 0.6 is 0 Å². The van der Waals surface area contributed by atoms with Crippen LogP contribution in [0.1, 0.15) is 33.6 Å². The van der Waals surface area contributed by atoms with Crippen LogP contribution in [0.2, 0.25) is 0 Å². The fourth-order valence-electron chi connectivity index (χ4n) is 1.41. The van der Waals surface area contributed by atoms with E-state index in [-0.39, 0.29) is 6.10 Å². The average Bonchev–Trinajstić information content (AvgIpc) is 2.13. The van der Waals surface area contributed by atoms with Crippen LogP contribution in [0, 0.1) is 5.92 Å². The lowest BCUT2D eigenvalue weighted by Crippen LogP contribution is -2.21. The van der Waals surface area contributed by atoms with Gasteiger partial charge in [0.1, 0.15) is 6.29 Å². The third-order valence-electron chi connectivity index (χ3n) is 2.48. The average molecular weight is 184 g/mol. The molecule has 0 saturated heterocycles. The highest BCUT2D eigenvalue weighted by Crippen LogP contribution is 2.19. The van der Waals surface area contributed by atoms with Crippen molar-refractivity contribution < 1.29 is 9.53 Å². The first kappa shape index (κ1) is 12.4. The van der Waals surface area contributed by atoms with Gasteiger partial charge in [-0.1, -0.05) is 25.8 Å². The highest BCUT2D eigenvalue weighted by Gasteiger charge is 2.16. The van der Waals surface area contributed by atoms with Gasteiger partial charge >= 0.3 is 0 Å². The molecular weight excluding hydrogens is 164 g/mol. The first-order valence-corrected chi connectivity index (χ1v) is 4.82. The van der Waals surface area contributed by atoms with E-state index in [1.807, 2.05) is 6.92 Å². The Morgan fingerprint density at radius 2 is 2.15 bits per heavy atom. The van der Waals surface area contributed by atoms with Crippen LogP contribution in [-0.4, -0.2) is 19.5 Å². The molecule has 0 aliphatic carbocycles. The third kappa shape index (κ3) is 4.23. The zero-order valence-corrected chi connectivity index (χ0v) is 9.04. The number of allylic oxidation sites excluding steroid dienone is 1. The lowest BCUT2D eigenvalue weighted by molar-refractivity contribution is -0.104. The van der Waals surface area contributed by atoms with Crippen LogP contribution < -0.4 is 0 Å². The molecule has 76 valence electrons. The Balaban J connectivity index is 4.25. The molecule has 0 spiro atoms. The van der Waals surface area contributed by atoms with Gasteiger partial charge in [0.05, 0.1) is 6.10 Å². The van der Waals surface area contributed by atoms with Crippen molar-refractivity contribution in [1.29, 1.82) is 0 Å². The number of hydrogen-bond acceptors (Lipinski definition) is 2. The van der Waals surface area contributed by atoms with Crippen molar-refractivity contribution in [3.8, 4) is 0 Å². The molecule has 0 radical (unpaired) electrons. The summed E-state index contributed by atoms with van der Waals surface area (Å²) in [5, 5.41) is 0. The Bertz CT molecular complexity index is 173. The van der Waals surface area contributed by atoms with E-state index in [4.69, 9.17) is 4.74 Å². The topological polar surface area (TPSA) is 26.3 Å². The van der Waals surface area contributed by atoms with Gasteiger partial charge in [0.2, 0.25) is 0 Å². The Kier molecular flexibility index (Phi) is 6.51. The van der Waals surface area contributed by atoms with E-state index < -0.39 is 0 Å². The molecule has 0 heterocycles. The van der Waals surface area contributed by atoms with Crippen LogP contribution in [0.3, 0.4) is 0 Å². The standard InChI is InChI=1S/C11H20O2/c1-5-6-11(13-4)10(3)9(2)7-8-12/h7-8,10-11H,5-6H2,1-4H3. The minimum Gasteiger partial charge on any atom is -0.381 e. The number of rotatable bonds is 6. The summed E-state index contributed by atoms with van der Waals surface area (Å²) in [6.07, 6.45) is 4.84. The van der Waals surface area contributed by atoms with Crippen molar-refractivity contribution in [1.82, 2.24) is 0 Å². The van der Waals surface area contributed by atoms with Gasteiger partial charge in [0, 0.05) is 13.0 Å². The van der Waals surface area contributed by atoms with Crippen molar-refractivity contribution in [2.24, 2.45) is 5.92 Å². The number of ether oxygens (including phenoxy) is 1. The minimum absolute atomic E-state index is 0.237. The number of hydrogen-bond donors (Lipinski definition) is 0. The Morgan fingerprint density at radius 1 is 1.54 bits per heavy atom. The summed E-state index contributed by atoms with van der Waals surface area (Å²) >= 11 is 0. The van der Waals surface area contributed by atoms with E-state index in [0.29, 0.717) is 5.92 Å². The number of carbonyl (C=O) groups is 1. The zero-order chi connectivity index (χ0) is 10.3. The third-order valence-corrected chi connectivity index (χ3v) is 2.48. The predicted molar refractivity (Wildman–Crippen MR) is 54.7 cm³/mol. The SMILES string of the molecule is CCCC(OC)C(C)C(C)=CC=O. The fourth-order valence-corrected chi connectivity index (χ4v) is 1.41. The van der Waals surface area contributed by atoms with Gasteiger partial charge in [-0.05, 0) is 19.4 Å². The molecule has 0 amide bonds. The second kappa shape index (κ2) is 6.84. The summed E-state index contributed by atoms with van der Waals surface area (Å²) in [6, 6.07) is 0. The molecule has 0 aromatic rings. The second-order valence-corrected chi connectivity index (χ2v) is 3.40. The molecule has 2 heteroatoms. The lowest BCUT2D eigenvalue weighted by atomic mass is 9.93. The highest BCUT2D eigenvalue weighted by molar-refractivity contribution is 5.66. The van der Waals surface area contributed by atoms with E-state index in [1.165, 1.54) is 0 Å². The summed E-state index contributed by atoms with van der Waals surface area (Å²) < 4.78 is 5.36. The molecule has 0 rings (SSSR count). The maximum absolute atomic E-state index is 10.3. The van der Waals surface area contributed by atoms with Crippen molar-refractivity contribution >= 4 is 6.29 Å². The molecule has 2 atom stereocenters. The van der Waals surface area contributed by atoms with E-state index in [2.05, 4.69) is 13.8 Å². The molecule has 0 bridgehead atoms. The van der Waals surface area contributed by atoms with Crippen LogP contribution in [0.5, 0.6) is 0 Å². The van der Waals surface area contributed by atoms with Crippen molar-refractivity contribution in [2.45, 2.75) is 39.7 Å². The summed E-state index contributed by atoms with van der Waals surface area (Å²) in [7, 11) is 1.73. The molecule has 0 aromatic carbocycles. The fraction of sp³-hybridized carbons (Fsp3) is 0.727. The monoisotopic (exact) mass is 184 g/mol. The van der Waals surface area contributed by atoms with Crippen LogP contribution in [0.4, 0.5) is 0 Å². The largest absolute Gasteiger partial charge is 0.381 e. The molecule has 0 fully saturated rings. The summed E-state index contributed by atoms with van der Waals surface area (Å²) in [5.41, 5.74) is 1.09. The lowest BCUT2D eigenvalue weighted by Gasteiger charge is -2.22. The van der Waals surface area contributed by atoms with Gasteiger partial charge < -0.3 is 4.74 Å². The van der Waals surface area contributed by atoms with Crippen molar-refractivity contribution in [3.63, 3.8) is 0 Å². The quantitative estimate of drug-likeness (QED) is 0.468. The van der Waals surface area contributed by atoms with Gasteiger partial charge in [0.15, 0.2) is 0 Å². The molecule has 2 nitrogen and oxygen atoms in total. The molecule has 2 unspecified atom stereocenters. The Hall–Kier alpha value is -0.630. The Labute approximate surface area is 81.0 Å². The Morgan fingerprint density at radius 3 is 2.54 bits per heavy atom. The van der Waals surface area contributed by atoms with Gasteiger partial charge in [-0.3, -0.25) is 4.79 Å². The van der Waals surface area contributed by atoms with E-state index in [0.717, 1.165) is 24.7 Å². The van der Waals surface area contributed by atoms with Crippen LogP contribution in [-0.2, 0) is 9.53 Å². The normalized spacial score (nSPS) is 16.8. The summed E-state index contributed by atoms with van der Waals surface area (Å²) in [6.45, 7) is 6.21. The van der Waals surface area contributed by atoms with E-state index in [1.54, 1.807) is 13.2 Å². The van der Waals surface area contributed by atoms with Crippen LogP contribution in [0.25, 0.3) is 0 Å². The predicted octanol–water partition coefficient (Wildman–Crippen LogP) is 2.58. The molecule has 0 aliphatic heterocycles. The number of aldehydes is 1. The van der Waals surface area contributed by atoms with Crippen LogP contribution in [0.15, 0.2) is 11.6 Å². The number of carbonyl (C=O) groups excluding carboxylic acids is 1. The van der Waals surface area contributed by atoms with Gasteiger partial charge in [-0.2, -0.15) is 0 Å². The second-order valence-electron chi connectivity index (χ2n) is 3.40. The maximum Gasteiger partial charge on any atom is 0.142 e. The molecule has 0 aliphatic rings. The van der Waals surface area contributed by atoms with Gasteiger partial charge in [-0.25, -0.2) is 0 Å². The first-order chi connectivity index (χ1) is 6.17. The van der Waals surface area contributed by atoms with Crippen molar-refractivity contribution in [2.75, 3.05) is 7.11 Å². The molecule has 0 saturated carbocycles.